The molecule has 132 valence electrons. The number of rotatable bonds is 6. The molecule has 3 nitrogen and oxygen atoms in total. The molecule has 26 heavy (non-hydrogen) atoms. The van der Waals surface area contributed by atoms with Gasteiger partial charge in [0.25, 0.3) is 0 Å². The first kappa shape index (κ1) is 17.8. The lowest BCUT2D eigenvalue weighted by molar-refractivity contribution is 0.475. The van der Waals surface area contributed by atoms with Gasteiger partial charge in [0.15, 0.2) is 0 Å². The average Bonchev–Trinajstić information content (AvgIpc) is 2.68. The number of benzene rings is 3. The molecular weight excluding hydrogens is 322 g/mol. The van der Waals surface area contributed by atoms with E-state index in [0.717, 1.165) is 35.1 Å². The third kappa shape index (κ3) is 4.13. The van der Waals surface area contributed by atoms with Gasteiger partial charge in [-0.05, 0) is 71.5 Å². The fourth-order valence-corrected chi connectivity index (χ4v) is 3.10. The molecule has 0 aliphatic rings. The van der Waals surface area contributed by atoms with Crippen LogP contribution in [-0.4, -0.2) is 16.8 Å². The van der Waals surface area contributed by atoms with E-state index in [1.54, 1.807) is 24.3 Å². The van der Waals surface area contributed by atoms with Crippen molar-refractivity contribution in [1.82, 2.24) is 0 Å². The molecule has 0 bridgehead atoms. The molecule has 3 rings (SSSR count). The minimum Gasteiger partial charge on any atom is -0.508 e. The van der Waals surface area contributed by atoms with E-state index >= 15 is 0 Å². The van der Waals surface area contributed by atoms with E-state index in [0.29, 0.717) is 6.54 Å². The molecular formula is C23H23NO2. The van der Waals surface area contributed by atoms with Crippen molar-refractivity contribution in [2.75, 3.05) is 6.54 Å². The van der Waals surface area contributed by atoms with Crippen molar-refractivity contribution in [3.63, 3.8) is 0 Å². The Morgan fingerprint density at radius 3 is 1.62 bits per heavy atom. The van der Waals surface area contributed by atoms with Gasteiger partial charge in [-0.2, -0.15) is 0 Å². The summed E-state index contributed by atoms with van der Waals surface area (Å²) in [6.07, 6.45) is 1.72. The van der Waals surface area contributed by atoms with E-state index in [-0.39, 0.29) is 11.5 Å². The van der Waals surface area contributed by atoms with Crippen LogP contribution in [-0.2, 0) is 0 Å². The highest BCUT2D eigenvalue weighted by Crippen LogP contribution is 2.36. The first-order chi connectivity index (χ1) is 12.7. The highest BCUT2D eigenvalue weighted by molar-refractivity contribution is 5.98. The Morgan fingerprint density at radius 1 is 0.654 bits per heavy atom. The highest BCUT2D eigenvalue weighted by Gasteiger charge is 2.14. The fraction of sp³-hybridized carbons (Fsp3) is 0.130. The van der Waals surface area contributed by atoms with Crippen molar-refractivity contribution in [3.05, 3.63) is 95.6 Å². The SMILES string of the molecule is NCCCC(=C(c1ccc(O)cc1)c1ccc(O)cc1)c1ccccc1. The van der Waals surface area contributed by atoms with Gasteiger partial charge in [0.2, 0.25) is 0 Å². The zero-order chi connectivity index (χ0) is 18.4. The Labute approximate surface area is 154 Å². The predicted molar refractivity (Wildman–Crippen MR) is 107 cm³/mol. The van der Waals surface area contributed by atoms with Crippen molar-refractivity contribution < 1.29 is 10.2 Å². The molecule has 3 heteroatoms. The van der Waals surface area contributed by atoms with Crippen molar-refractivity contribution >= 4 is 11.1 Å². The van der Waals surface area contributed by atoms with Gasteiger partial charge < -0.3 is 15.9 Å². The summed E-state index contributed by atoms with van der Waals surface area (Å²) in [6, 6.07) is 24.7. The molecule has 0 spiro atoms. The van der Waals surface area contributed by atoms with E-state index in [2.05, 4.69) is 12.1 Å². The van der Waals surface area contributed by atoms with Gasteiger partial charge in [0.1, 0.15) is 11.5 Å². The van der Waals surface area contributed by atoms with Crippen LogP contribution in [0.2, 0.25) is 0 Å². The number of allylic oxidation sites excluding steroid dienone is 1. The van der Waals surface area contributed by atoms with Crippen LogP contribution in [0.5, 0.6) is 11.5 Å². The second-order valence-corrected chi connectivity index (χ2v) is 6.21. The Hall–Kier alpha value is -3.04. The molecule has 0 radical (unpaired) electrons. The summed E-state index contributed by atoms with van der Waals surface area (Å²) >= 11 is 0. The summed E-state index contributed by atoms with van der Waals surface area (Å²) in [4.78, 5) is 0. The summed E-state index contributed by atoms with van der Waals surface area (Å²) in [5, 5.41) is 19.4. The zero-order valence-electron chi connectivity index (χ0n) is 14.6. The third-order valence-corrected chi connectivity index (χ3v) is 4.37. The van der Waals surface area contributed by atoms with Gasteiger partial charge in [-0.25, -0.2) is 0 Å². The molecule has 0 aliphatic carbocycles. The second-order valence-electron chi connectivity index (χ2n) is 6.21. The van der Waals surface area contributed by atoms with Crippen LogP contribution >= 0.6 is 0 Å². The third-order valence-electron chi connectivity index (χ3n) is 4.37. The zero-order valence-corrected chi connectivity index (χ0v) is 14.6. The van der Waals surface area contributed by atoms with Gasteiger partial charge in [0.05, 0.1) is 0 Å². The minimum absolute atomic E-state index is 0.238. The van der Waals surface area contributed by atoms with Crippen LogP contribution in [0, 0.1) is 0 Å². The number of aromatic hydroxyl groups is 2. The maximum atomic E-state index is 9.68. The lowest BCUT2D eigenvalue weighted by Crippen LogP contribution is -2.01. The van der Waals surface area contributed by atoms with Gasteiger partial charge in [0, 0.05) is 0 Å². The van der Waals surface area contributed by atoms with Gasteiger partial charge >= 0.3 is 0 Å². The molecule has 3 aromatic carbocycles. The number of nitrogens with two attached hydrogens (primary N) is 1. The van der Waals surface area contributed by atoms with Crippen molar-refractivity contribution in [2.24, 2.45) is 5.73 Å². The summed E-state index contributed by atoms with van der Waals surface area (Å²) in [5.74, 6) is 0.476. The van der Waals surface area contributed by atoms with Gasteiger partial charge in [-0.1, -0.05) is 54.6 Å². The molecule has 0 aliphatic heterocycles. The Kier molecular flexibility index (Phi) is 5.72. The summed E-state index contributed by atoms with van der Waals surface area (Å²) in [5.41, 5.74) is 11.3. The molecule has 0 saturated heterocycles. The number of phenols is 2. The van der Waals surface area contributed by atoms with Gasteiger partial charge in [-0.15, -0.1) is 0 Å². The van der Waals surface area contributed by atoms with Crippen LogP contribution in [0.25, 0.3) is 11.1 Å². The standard InChI is InChI=1S/C23H23NO2/c24-16-4-7-22(17-5-2-1-3-6-17)23(18-8-12-20(25)13-9-18)19-10-14-21(26)15-11-19/h1-3,5-6,8-15,25-26H,4,7,16,24H2. The largest absolute Gasteiger partial charge is 0.508 e. The smallest absolute Gasteiger partial charge is 0.115 e. The fourth-order valence-electron chi connectivity index (χ4n) is 3.10. The maximum absolute atomic E-state index is 9.68. The molecule has 0 fully saturated rings. The van der Waals surface area contributed by atoms with Crippen molar-refractivity contribution in [1.29, 1.82) is 0 Å². The molecule has 0 saturated carbocycles. The first-order valence-electron chi connectivity index (χ1n) is 8.76. The number of hydrogen-bond donors (Lipinski definition) is 3. The lowest BCUT2D eigenvalue weighted by atomic mass is 9.87. The highest BCUT2D eigenvalue weighted by atomic mass is 16.3. The van der Waals surface area contributed by atoms with Crippen LogP contribution in [0.3, 0.4) is 0 Å². The summed E-state index contributed by atoms with van der Waals surface area (Å²) in [6.45, 7) is 0.620. The summed E-state index contributed by atoms with van der Waals surface area (Å²) in [7, 11) is 0. The van der Waals surface area contributed by atoms with Crippen LogP contribution in [0.1, 0.15) is 29.5 Å². The van der Waals surface area contributed by atoms with Gasteiger partial charge in [-0.3, -0.25) is 0 Å². The molecule has 3 aromatic rings. The summed E-state index contributed by atoms with van der Waals surface area (Å²) < 4.78 is 0. The van der Waals surface area contributed by atoms with E-state index in [4.69, 9.17) is 5.73 Å². The molecule has 0 atom stereocenters. The molecule has 4 N–H and O–H groups in total. The molecule has 0 aromatic heterocycles. The Morgan fingerprint density at radius 2 is 1.15 bits per heavy atom. The predicted octanol–water partition coefficient (Wildman–Crippen LogP) is 4.80. The first-order valence-corrected chi connectivity index (χ1v) is 8.76. The van der Waals surface area contributed by atoms with Crippen LogP contribution < -0.4 is 5.73 Å². The average molecular weight is 345 g/mol. The van der Waals surface area contributed by atoms with Crippen LogP contribution in [0.4, 0.5) is 0 Å². The lowest BCUT2D eigenvalue weighted by Gasteiger charge is -2.17. The van der Waals surface area contributed by atoms with Crippen molar-refractivity contribution in [2.45, 2.75) is 12.8 Å². The number of hydrogen-bond acceptors (Lipinski definition) is 3. The van der Waals surface area contributed by atoms with E-state index in [1.807, 2.05) is 42.5 Å². The normalized spacial score (nSPS) is 10.5. The van der Waals surface area contributed by atoms with E-state index in [1.165, 1.54) is 5.57 Å². The van der Waals surface area contributed by atoms with Crippen molar-refractivity contribution in [3.8, 4) is 11.5 Å². The quantitative estimate of drug-likeness (QED) is 0.562. The second kappa shape index (κ2) is 8.37. The Balaban J connectivity index is 2.25. The molecule has 0 unspecified atom stereocenters. The monoisotopic (exact) mass is 345 g/mol. The van der Waals surface area contributed by atoms with E-state index < -0.39 is 0 Å². The Bertz CT molecular complexity index is 819. The minimum atomic E-state index is 0.238. The maximum Gasteiger partial charge on any atom is 0.115 e. The van der Waals surface area contributed by atoms with Crippen LogP contribution in [0.15, 0.2) is 78.9 Å². The topological polar surface area (TPSA) is 66.5 Å². The molecule has 0 amide bonds. The van der Waals surface area contributed by atoms with E-state index in [9.17, 15) is 10.2 Å². The number of phenolic OH excluding ortho intramolecular Hbond substituents is 2. The molecule has 0 heterocycles.